The van der Waals surface area contributed by atoms with Crippen LogP contribution in [0.5, 0.6) is 0 Å². The summed E-state index contributed by atoms with van der Waals surface area (Å²) >= 11 is 0. The number of carbonyl (C=O) groups excluding carboxylic acids is 1. The molecular formula is C14H29N3O2. The number of likely N-dealkylation sites (N-methyl/N-ethyl adjacent to an activating group) is 1. The summed E-state index contributed by atoms with van der Waals surface area (Å²) in [5, 5.41) is 0. The topological polar surface area (TPSA) is 36.0 Å². The Balaban J connectivity index is 2.23. The molecule has 0 aromatic heterocycles. The maximum Gasteiger partial charge on any atom is 0.248 e. The Hall–Kier alpha value is -0.650. The van der Waals surface area contributed by atoms with Gasteiger partial charge in [0.15, 0.2) is 0 Å². The lowest BCUT2D eigenvalue weighted by atomic mass is 10.2. The third-order valence-corrected chi connectivity index (χ3v) is 3.22. The molecule has 0 saturated carbocycles. The molecule has 0 N–H and O–H groups in total. The second-order valence-electron chi connectivity index (χ2n) is 6.43. The summed E-state index contributed by atoms with van der Waals surface area (Å²) in [4.78, 5) is 18.5. The van der Waals surface area contributed by atoms with Crippen molar-refractivity contribution in [2.24, 2.45) is 0 Å². The first-order chi connectivity index (χ1) is 8.78. The smallest absolute Gasteiger partial charge is 0.248 e. The van der Waals surface area contributed by atoms with Gasteiger partial charge in [0, 0.05) is 39.3 Å². The molecule has 0 aromatic carbocycles. The van der Waals surface area contributed by atoms with Gasteiger partial charge in [0.05, 0.1) is 5.60 Å². The van der Waals surface area contributed by atoms with Crippen LogP contribution in [0.25, 0.3) is 0 Å². The van der Waals surface area contributed by atoms with Gasteiger partial charge in [0.2, 0.25) is 5.91 Å². The molecule has 0 aliphatic carbocycles. The van der Waals surface area contributed by atoms with E-state index in [2.05, 4.69) is 23.9 Å². The molecule has 0 bridgehead atoms. The summed E-state index contributed by atoms with van der Waals surface area (Å²) in [7, 11) is 4.17. The first-order valence-electron chi connectivity index (χ1n) is 7.07. The second-order valence-corrected chi connectivity index (χ2v) is 6.43. The van der Waals surface area contributed by atoms with Crippen molar-refractivity contribution in [3.8, 4) is 0 Å². The van der Waals surface area contributed by atoms with Crippen LogP contribution in [-0.4, -0.2) is 86.2 Å². The van der Waals surface area contributed by atoms with E-state index in [9.17, 15) is 4.79 Å². The van der Waals surface area contributed by atoms with Gasteiger partial charge in [0.25, 0.3) is 0 Å². The van der Waals surface area contributed by atoms with Crippen LogP contribution in [0.1, 0.15) is 20.8 Å². The fourth-order valence-corrected chi connectivity index (χ4v) is 1.93. The molecule has 0 aromatic rings. The molecule has 112 valence electrons. The minimum atomic E-state index is -0.247. The van der Waals surface area contributed by atoms with Crippen molar-refractivity contribution >= 4 is 5.91 Å². The average molecular weight is 271 g/mol. The Morgan fingerprint density at radius 3 is 2.21 bits per heavy atom. The molecule has 0 spiro atoms. The highest BCUT2D eigenvalue weighted by molar-refractivity contribution is 5.77. The Morgan fingerprint density at radius 1 is 1.16 bits per heavy atom. The number of piperazine rings is 1. The molecule has 5 heteroatoms. The summed E-state index contributed by atoms with van der Waals surface area (Å²) in [6.07, 6.45) is 0. The van der Waals surface area contributed by atoms with Crippen molar-refractivity contribution in [3.63, 3.8) is 0 Å². The number of hydrogen-bond donors (Lipinski definition) is 0. The lowest BCUT2D eigenvalue weighted by Gasteiger charge is -2.35. The maximum atomic E-state index is 12.0. The summed E-state index contributed by atoms with van der Waals surface area (Å²) < 4.78 is 5.54. The summed E-state index contributed by atoms with van der Waals surface area (Å²) in [5.41, 5.74) is -0.247. The van der Waals surface area contributed by atoms with Crippen LogP contribution in [-0.2, 0) is 9.53 Å². The van der Waals surface area contributed by atoms with Crippen molar-refractivity contribution in [2.45, 2.75) is 26.4 Å². The molecule has 1 aliphatic heterocycles. The zero-order valence-electron chi connectivity index (χ0n) is 13.1. The van der Waals surface area contributed by atoms with E-state index in [0.717, 1.165) is 39.3 Å². The quantitative estimate of drug-likeness (QED) is 0.730. The van der Waals surface area contributed by atoms with Gasteiger partial charge in [-0.3, -0.25) is 9.69 Å². The Morgan fingerprint density at radius 2 is 1.74 bits per heavy atom. The van der Waals surface area contributed by atoms with E-state index < -0.39 is 0 Å². The fraction of sp³-hybridized carbons (Fsp3) is 0.929. The van der Waals surface area contributed by atoms with Gasteiger partial charge in [-0.05, 0) is 34.9 Å². The number of ether oxygens (including phenoxy) is 1. The van der Waals surface area contributed by atoms with Crippen LogP contribution < -0.4 is 0 Å². The van der Waals surface area contributed by atoms with Crippen LogP contribution in [0.15, 0.2) is 0 Å². The minimum absolute atomic E-state index is 0.113. The van der Waals surface area contributed by atoms with E-state index in [1.54, 1.807) is 0 Å². The molecule has 1 heterocycles. The predicted octanol–water partition coefficient (Wildman–Crippen LogP) is 0.507. The Labute approximate surface area is 117 Å². The summed E-state index contributed by atoms with van der Waals surface area (Å²) in [6, 6.07) is 0. The average Bonchev–Trinajstić information content (AvgIpc) is 2.33. The third kappa shape index (κ3) is 6.89. The molecule has 1 amide bonds. The normalized spacial score (nSPS) is 18.1. The van der Waals surface area contributed by atoms with Gasteiger partial charge >= 0.3 is 0 Å². The molecule has 0 atom stereocenters. The van der Waals surface area contributed by atoms with E-state index in [-0.39, 0.29) is 18.1 Å². The van der Waals surface area contributed by atoms with E-state index >= 15 is 0 Å². The van der Waals surface area contributed by atoms with Crippen LogP contribution in [0.3, 0.4) is 0 Å². The predicted molar refractivity (Wildman–Crippen MR) is 77.3 cm³/mol. The molecule has 0 unspecified atom stereocenters. The molecule has 0 radical (unpaired) electrons. The zero-order valence-corrected chi connectivity index (χ0v) is 13.1. The van der Waals surface area contributed by atoms with Gasteiger partial charge in [0.1, 0.15) is 6.61 Å². The molecular weight excluding hydrogens is 242 g/mol. The SMILES string of the molecule is CN(C)CCN1CCN(C(=O)COC(C)(C)C)CC1. The maximum absolute atomic E-state index is 12.0. The largest absolute Gasteiger partial charge is 0.366 e. The van der Waals surface area contributed by atoms with E-state index in [1.807, 2.05) is 25.7 Å². The van der Waals surface area contributed by atoms with Gasteiger partial charge < -0.3 is 14.5 Å². The number of hydrogen-bond acceptors (Lipinski definition) is 4. The van der Waals surface area contributed by atoms with Gasteiger partial charge in [-0.15, -0.1) is 0 Å². The number of rotatable bonds is 5. The number of carbonyl (C=O) groups is 1. The highest BCUT2D eigenvalue weighted by Crippen LogP contribution is 2.08. The van der Waals surface area contributed by atoms with E-state index in [1.165, 1.54) is 0 Å². The number of amides is 1. The van der Waals surface area contributed by atoms with E-state index in [4.69, 9.17) is 4.74 Å². The Bertz CT molecular complexity index is 279. The summed E-state index contributed by atoms with van der Waals surface area (Å²) in [6.45, 7) is 11.8. The van der Waals surface area contributed by atoms with Crippen LogP contribution in [0, 0.1) is 0 Å². The third-order valence-electron chi connectivity index (χ3n) is 3.22. The first kappa shape index (κ1) is 16.4. The minimum Gasteiger partial charge on any atom is -0.366 e. The van der Waals surface area contributed by atoms with Crippen molar-refractivity contribution in [2.75, 3.05) is 60.0 Å². The Kier molecular flexibility index (Phi) is 6.23. The molecule has 1 fully saturated rings. The monoisotopic (exact) mass is 271 g/mol. The van der Waals surface area contributed by atoms with Crippen LogP contribution >= 0.6 is 0 Å². The van der Waals surface area contributed by atoms with Crippen molar-refractivity contribution in [3.05, 3.63) is 0 Å². The standard InChI is InChI=1S/C14H29N3O2/c1-14(2,3)19-12-13(18)17-10-8-16(9-11-17)7-6-15(4)5/h6-12H2,1-5H3. The van der Waals surface area contributed by atoms with Crippen molar-refractivity contribution in [1.29, 1.82) is 0 Å². The highest BCUT2D eigenvalue weighted by Gasteiger charge is 2.22. The molecule has 5 nitrogen and oxygen atoms in total. The highest BCUT2D eigenvalue weighted by atomic mass is 16.5. The van der Waals surface area contributed by atoms with Crippen LogP contribution in [0.2, 0.25) is 0 Å². The number of nitrogens with zero attached hydrogens (tertiary/aromatic N) is 3. The second kappa shape index (κ2) is 7.22. The van der Waals surface area contributed by atoms with Crippen molar-refractivity contribution in [1.82, 2.24) is 14.7 Å². The van der Waals surface area contributed by atoms with Gasteiger partial charge in [-0.25, -0.2) is 0 Å². The van der Waals surface area contributed by atoms with Gasteiger partial charge in [-0.2, -0.15) is 0 Å². The van der Waals surface area contributed by atoms with Crippen LogP contribution in [0.4, 0.5) is 0 Å². The molecule has 1 aliphatic rings. The van der Waals surface area contributed by atoms with Gasteiger partial charge in [-0.1, -0.05) is 0 Å². The summed E-state index contributed by atoms with van der Waals surface area (Å²) in [5.74, 6) is 0.113. The molecule has 19 heavy (non-hydrogen) atoms. The molecule has 1 saturated heterocycles. The first-order valence-corrected chi connectivity index (χ1v) is 7.07. The van der Waals surface area contributed by atoms with Crippen molar-refractivity contribution < 1.29 is 9.53 Å². The lowest BCUT2D eigenvalue weighted by Crippen LogP contribution is -2.51. The lowest BCUT2D eigenvalue weighted by molar-refractivity contribution is -0.142. The fourth-order valence-electron chi connectivity index (χ4n) is 1.93. The molecule has 1 rings (SSSR count). The zero-order chi connectivity index (χ0) is 14.5. The van der Waals surface area contributed by atoms with E-state index in [0.29, 0.717) is 0 Å².